The zero-order valence-electron chi connectivity index (χ0n) is 11.9. The highest BCUT2D eigenvalue weighted by Crippen LogP contribution is 2.36. The van der Waals surface area contributed by atoms with Crippen molar-refractivity contribution in [2.24, 2.45) is 0 Å². The van der Waals surface area contributed by atoms with Gasteiger partial charge in [0.05, 0.1) is 16.8 Å². The van der Waals surface area contributed by atoms with Gasteiger partial charge in [0.25, 0.3) is 0 Å². The molecule has 0 atom stereocenters. The normalized spacial score (nSPS) is 20.6. The van der Waals surface area contributed by atoms with E-state index in [9.17, 15) is 4.39 Å². The third-order valence-corrected chi connectivity index (χ3v) is 3.81. The molecule has 0 radical (unpaired) electrons. The Kier molecular flexibility index (Phi) is 3.54. The fourth-order valence-corrected chi connectivity index (χ4v) is 1.87. The van der Waals surface area contributed by atoms with Crippen LogP contribution in [0.1, 0.15) is 33.3 Å². The second-order valence-corrected chi connectivity index (χ2v) is 5.78. The Morgan fingerprint density at radius 1 is 1.32 bits per heavy atom. The van der Waals surface area contributed by atoms with Crippen molar-refractivity contribution in [1.82, 2.24) is 4.98 Å². The monoisotopic (exact) mass is 263 g/mol. The van der Waals surface area contributed by atoms with Gasteiger partial charge in [-0.15, -0.1) is 6.58 Å². The SMILES string of the molecule is C=CCc1cnc(B2OC(C)(C)C(C)(C)O2)cc1F. The number of nitrogens with zero attached hydrogens (tertiary/aromatic N) is 1. The molecule has 5 heteroatoms. The van der Waals surface area contributed by atoms with Gasteiger partial charge < -0.3 is 9.31 Å². The summed E-state index contributed by atoms with van der Waals surface area (Å²) in [5.74, 6) is -0.306. The Labute approximate surface area is 114 Å². The molecule has 0 N–H and O–H groups in total. The average molecular weight is 263 g/mol. The van der Waals surface area contributed by atoms with E-state index in [0.29, 0.717) is 17.6 Å². The first-order chi connectivity index (χ1) is 8.77. The lowest BCUT2D eigenvalue weighted by Gasteiger charge is -2.32. The smallest absolute Gasteiger partial charge is 0.398 e. The van der Waals surface area contributed by atoms with Crippen LogP contribution in [0, 0.1) is 5.82 Å². The quantitative estimate of drug-likeness (QED) is 0.619. The molecule has 1 aliphatic heterocycles. The van der Waals surface area contributed by atoms with Gasteiger partial charge in [-0.3, -0.25) is 4.98 Å². The van der Waals surface area contributed by atoms with Crippen LogP contribution < -0.4 is 5.59 Å². The van der Waals surface area contributed by atoms with Crippen molar-refractivity contribution < 1.29 is 13.7 Å². The Balaban J connectivity index is 2.25. The summed E-state index contributed by atoms with van der Waals surface area (Å²) in [7, 11) is -0.628. The molecular weight excluding hydrogens is 244 g/mol. The molecule has 3 nitrogen and oxygen atoms in total. The van der Waals surface area contributed by atoms with Gasteiger partial charge in [0.2, 0.25) is 0 Å². The highest BCUT2D eigenvalue weighted by Gasteiger charge is 2.52. The molecule has 0 aromatic carbocycles. The first kappa shape index (κ1) is 14.2. The average Bonchev–Trinajstić information content (AvgIpc) is 2.51. The summed E-state index contributed by atoms with van der Waals surface area (Å²) in [6.07, 6.45) is 3.62. The molecule has 102 valence electrons. The van der Waals surface area contributed by atoms with Crippen LogP contribution >= 0.6 is 0 Å². The van der Waals surface area contributed by atoms with Crippen LogP contribution in [-0.4, -0.2) is 23.3 Å². The standard InChI is InChI=1S/C14H19BFNO2/c1-6-7-10-9-17-12(8-11(10)16)15-18-13(2,3)14(4,5)19-15/h6,8-9H,1,7H2,2-5H3. The van der Waals surface area contributed by atoms with Crippen LogP contribution in [0.5, 0.6) is 0 Å². The first-order valence-corrected chi connectivity index (χ1v) is 6.38. The van der Waals surface area contributed by atoms with E-state index in [-0.39, 0.29) is 5.82 Å². The Morgan fingerprint density at radius 3 is 2.37 bits per heavy atom. The lowest BCUT2D eigenvalue weighted by Crippen LogP contribution is -2.41. The summed E-state index contributed by atoms with van der Waals surface area (Å²) < 4.78 is 25.5. The van der Waals surface area contributed by atoms with E-state index in [1.54, 1.807) is 6.08 Å². The molecule has 0 amide bonds. The topological polar surface area (TPSA) is 31.4 Å². The van der Waals surface area contributed by atoms with Crippen molar-refractivity contribution in [3.63, 3.8) is 0 Å². The number of allylic oxidation sites excluding steroid dienone is 1. The highest BCUT2D eigenvalue weighted by molar-refractivity contribution is 6.61. The largest absolute Gasteiger partial charge is 0.514 e. The van der Waals surface area contributed by atoms with Gasteiger partial charge in [0.15, 0.2) is 0 Å². The second kappa shape index (κ2) is 4.73. The van der Waals surface area contributed by atoms with Crippen molar-refractivity contribution in [1.29, 1.82) is 0 Å². The minimum atomic E-state index is -0.628. The van der Waals surface area contributed by atoms with Crippen LogP contribution in [0.3, 0.4) is 0 Å². The molecule has 1 fully saturated rings. The van der Waals surface area contributed by atoms with Crippen molar-refractivity contribution >= 4 is 12.7 Å². The first-order valence-electron chi connectivity index (χ1n) is 6.38. The Morgan fingerprint density at radius 2 is 1.89 bits per heavy atom. The predicted molar refractivity (Wildman–Crippen MR) is 73.8 cm³/mol. The molecule has 0 aliphatic carbocycles. The molecule has 1 aliphatic rings. The fourth-order valence-electron chi connectivity index (χ4n) is 1.87. The molecule has 2 heterocycles. The van der Waals surface area contributed by atoms with Gasteiger partial charge in [-0.25, -0.2) is 4.39 Å². The van der Waals surface area contributed by atoms with E-state index >= 15 is 0 Å². The minimum absolute atomic E-state index is 0.306. The zero-order valence-corrected chi connectivity index (χ0v) is 11.9. The third kappa shape index (κ3) is 2.58. The van der Waals surface area contributed by atoms with Crippen LogP contribution in [0.2, 0.25) is 0 Å². The summed E-state index contributed by atoms with van der Waals surface area (Å²) in [5.41, 5.74) is 0.0878. The fraction of sp³-hybridized carbons (Fsp3) is 0.500. The molecule has 0 saturated carbocycles. The maximum absolute atomic E-state index is 13.9. The van der Waals surface area contributed by atoms with Gasteiger partial charge in [0.1, 0.15) is 5.82 Å². The molecule has 0 unspecified atom stereocenters. The molecule has 0 bridgehead atoms. The van der Waals surface area contributed by atoms with Crippen molar-refractivity contribution in [2.75, 3.05) is 0 Å². The summed E-state index contributed by atoms with van der Waals surface area (Å²) in [4.78, 5) is 4.23. The van der Waals surface area contributed by atoms with E-state index in [1.165, 1.54) is 12.3 Å². The molecular formula is C14H19BFNO2. The molecule has 2 rings (SSSR count). The Hall–Kier alpha value is -1.20. The molecule has 1 aromatic heterocycles. The van der Waals surface area contributed by atoms with Crippen LogP contribution in [0.15, 0.2) is 24.9 Å². The molecule has 19 heavy (non-hydrogen) atoms. The van der Waals surface area contributed by atoms with Crippen LogP contribution in [0.4, 0.5) is 4.39 Å². The predicted octanol–water partition coefficient (Wildman–Crippen LogP) is 2.25. The summed E-state index contributed by atoms with van der Waals surface area (Å²) in [6.45, 7) is 11.4. The van der Waals surface area contributed by atoms with E-state index in [4.69, 9.17) is 9.31 Å². The minimum Gasteiger partial charge on any atom is -0.398 e. The molecule has 0 spiro atoms. The van der Waals surface area contributed by atoms with Crippen molar-refractivity contribution in [3.05, 3.63) is 36.3 Å². The van der Waals surface area contributed by atoms with E-state index < -0.39 is 18.3 Å². The van der Waals surface area contributed by atoms with Crippen molar-refractivity contribution in [2.45, 2.75) is 45.3 Å². The van der Waals surface area contributed by atoms with Gasteiger partial charge in [0, 0.05) is 11.8 Å². The van der Waals surface area contributed by atoms with Crippen LogP contribution in [0.25, 0.3) is 0 Å². The Bertz CT molecular complexity index is 486. The van der Waals surface area contributed by atoms with Crippen LogP contribution in [-0.2, 0) is 15.7 Å². The third-order valence-electron chi connectivity index (χ3n) is 3.81. The zero-order chi connectivity index (χ0) is 14.3. The number of pyridine rings is 1. The summed E-state index contributed by atoms with van der Waals surface area (Å²) in [6, 6.07) is 1.38. The van der Waals surface area contributed by atoms with Gasteiger partial charge in [-0.2, -0.15) is 0 Å². The maximum Gasteiger partial charge on any atom is 0.514 e. The lowest BCUT2D eigenvalue weighted by atomic mass is 9.84. The van der Waals surface area contributed by atoms with Gasteiger partial charge in [-0.05, 0) is 40.2 Å². The number of halogens is 1. The summed E-state index contributed by atoms with van der Waals surface area (Å²) >= 11 is 0. The number of hydrogen-bond donors (Lipinski definition) is 0. The lowest BCUT2D eigenvalue weighted by molar-refractivity contribution is 0.00578. The van der Waals surface area contributed by atoms with Crippen molar-refractivity contribution in [3.8, 4) is 0 Å². The van der Waals surface area contributed by atoms with E-state index in [1.807, 2.05) is 27.7 Å². The maximum atomic E-state index is 13.9. The highest BCUT2D eigenvalue weighted by atomic mass is 19.1. The van der Waals surface area contributed by atoms with E-state index in [2.05, 4.69) is 11.6 Å². The molecule has 1 saturated heterocycles. The summed E-state index contributed by atoms with van der Waals surface area (Å²) in [5, 5.41) is 0. The number of rotatable bonds is 3. The molecule has 1 aromatic rings. The van der Waals surface area contributed by atoms with Gasteiger partial charge >= 0.3 is 7.12 Å². The number of hydrogen-bond acceptors (Lipinski definition) is 3. The second-order valence-electron chi connectivity index (χ2n) is 5.78. The van der Waals surface area contributed by atoms with Gasteiger partial charge in [-0.1, -0.05) is 6.08 Å². The number of aromatic nitrogens is 1. The van der Waals surface area contributed by atoms with E-state index in [0.717, 1.165) is 0 Å².